The van der Waals surface area contributed by atoms with Crippen LogP contribution in [0.25, 0.3) is 5.69 Å². The van der Waals surface area contributed by atoms with Crippen molar-refractivity contribution in [2.45, 2.75) is 12.5 Å². The number of likely N-dealkylation sites (N-methyl/N-ethyl adjacent to an activating group) is 1. The van der Waals surface area contributed by atoms with Gasteiger partial charge in [-0.1, -0.05) is 59.3 Å². The molecule has 0 spiro atoms. The number of carbonyl (C=O) groups excluding carboxylic acids is 1. The van der Waals surface area contributed by atoms with Gasteiger partial charge in [0.1, 0.15) is 0 Å². The quantitative estimate of drug-likeness (QED) is 0.681. The van der Waals surface area contributed by atoms with Gasteiger partial charge in [0.05, 0.1) is 16.9 Å². The van der Waals surface area contributed by atoms with Crippen LogP contribution in [0.4, 0.5) is 0 Å². The van der Waals surface area contributed by atoms with E-state index in [0.717, 1.165) is 6.42 Å². The lowest BCUT2D eigenvalue weighted by molar-refractivity contribution is 0.0936. The summed E-state index contributed by atoms with van der Waals surface area (Å²) in [4.78, 5) is 14.6. The number of nitrogens with one attached hydrogen (secondary N) is 1. The van der Waals surface area contributed by atoms with Gasteiger partial charge >= 0.3 is 0 Å². The third-order valence-corrected chi connectivity index (χ3v) is 4.69. The zero-order valence-electron chi connectivity index (χ0n) is 15.3. The topological polar surface area (TPSA) is 63.1 Å². The maximum absolute atomic E-state index is 12.5. The molecule has 140 valence electrons. The Morgan fingerprint density at radius 1 is 1.15 bits per heavy atom. The number of rotatable bonds is 7. The lowest BCUT2D eigenvalue weighted by atomic mass is 10.1. The van der Waals surface area contributed by atoms with Gasteiger partial charge in [-0.15, -0.1) is 5.10 Å². The largest absolute Gasteiger partial charge is 0.349 e. The average molecular weight is 384 g/mol. The van der Waals surface area contributed by atoms with Crippen molar-refractivity contribution in [3.8, 4) is 5.69 Å². The zero-order valence-corrected chi connectivity index (χ0v) is 16.1. The molecule has 0 saturated carbocycles. The Bertz CT molecular complexity index is 894. The molecular formula is C20H22ClN5O. The molecule has 0 radical (unpaired) electrons. The SMILES string of the molecule is CN(C)C(CNC(=O)c1cn(-c2ccccc2Cl)nn1)Cc1ccccc1. The second kappa shape index (κ2) is 8.79. The minimum absolute atomic E-state index is 0.176. The van der Waals surface area contributed by atoms with Crippen LogP contribution in [-0.4, -0.2) is 52.5 Å². The van der Waals surface area contributed by atoms with Crippen molar-refractivity contribution in [1.82, 2.24) is 25.2 Å². The second-order valence-corrected chi connectivity index (χ2v) is 6.92. The predicted octanol–water partition coefficient (Wildman–Crippen LogP) is 2.82. The summed E-state index contributed by atoms with van der Waals surface area (Å²) >= 11 is 6.17. The van der Waals surface area contributed by atoms with E-state index >= 15 is 0 Å². The first-order valence-corrected chi connectivity index (χ1v) is 9.08. The average Bonchev–Trinajstić information content (AvgIpc) is 3.16. The molecule has 1 unspecified atom stereocenters. The smallest absolute Gasteiger partial charge is 0.273 e. The summed E-state index contributed by atoms with van der Waals surface area (Å²) in [6.45, 7) is 0.514. The summed E-state index contributed by atoms with van der Waals surface area (Å²) in [7, 11) is 4.01. The standard InChI is InChI=1S/C20H22ClN5O/c1-25(2)16(12-15-8-4-3-5-9-15)13-22-20(27)18-14-26(24-23-18)19-11-7-6-10-17(19)21/h3-11,14,16H,12-13H2,1-2H3,(H,22,27). The van der Waals surface area contributed by atoms with Crippen molar-refractivity contribution < 1.29 is 4.79 Å². The first-order chi connectivity index (χ1) is 13.0. The van der Waals surface area contributed by atoms with E-state index in [0.29, 0.717) is 17.3 Å². The molecule has 0 fully saturated rings. The molecule has 1 atom stereocenters. The Hall–Kier alpha value is -2.70. The van der Waals surface area contributed by atoms with Gasteiger partial charge in [0.2, 0.25) is 0 Å². The van der Waals surface area contributed by atoms with E-state index in [1.807, 2.05) is 50.5 Å². The molecule has 7 heteroatoms. The number of hydrogen-bond acceptors (Lipinski definition) is 4. The lowest BCUT2D eigenvalue weighted by Gasteiger charge is -2.24. The van der Waals surface area contributed by atoms with Crippen LogP contribution in [0.2, 0.25) is 5.02 Å². The van der Waals surface area contributed by atoms with Gasteiger partial charge < -0.3 is 10.2 Å². The summed E-state index contributed by atoms with van der Waals surface area (Å²) in [5.74, 6) is -0.256. The third-order valence-electron chi connectivity index (χ3n) is 4.37. The first kappa shape index (κ1) is 19.1. The fourth-order valence-electron chi connectivity index (χ4n) is 2.75. The fourth-order valence-corrected chi connectivity index (χ4v) is 2.97. The van der Waals surface area contributed by atoms with E-state index < -0.39 is 0 Å². The van der Waals surface area contributed by atoms with E-state index in [9.17, 15) is 4.79 Å². The predicted molar refractivity (Wildman–Crippen MR) is 106 cm³/mol. The molecule has 0 aliphatic heterocycles. The van der Waals surface area contributed by atoms with Crippen LogP contribution in [0.3, 0.4) is 0 Å². The first-order valence-electron chi connectivity index (χ1n) is 8.70. The van der Waals surface area contributed by atoms with Crippen molar-refractivity contribution >= 4 is 17.5 Å². The van der Waals surface area contributed by atoms with E-state index in [4.69, 9.17) is 11.6 Å². The molecule has 3 aromatic rings. The van der Waals surface area contributed by atoms with Gasteiger partial charge in [0, 0.05) is 12.6 Å². The highest BCUT2D eigenvalue weighted by molar-refractivity contribution is 6.32. The maximum Gasteiger partial charge on any atom is 0.273 e. The third kappa shape index (κ3) is 4.93. The molecule has 0 aliphatic rings. The van der Waals surface area contributed by atoms with Gasteiger partial charge in [-0.2, -0.15) is 0 Å². The van der Waals surface area contributed by atoms with E-state index in [1.54, 1.807) is 12.3 Å². The van der Waals surface area contributed by atoms with Crippen molar-refractivity contribution in [2.24, 2.45) is 0 Å². The van der Waals surface area contributed by atoms with Gasteiger partial charge in [0.15, 0.2) is 5.69 Å². The molecule has 27 heavy (non-hydrogen) atoms. The molecular weight excluding hydrogens is 362 g/mol. The molecule has 0 bridgehead atoms. The number of amides is 1. The molecule has 6 nitrogen and oxygen atoms in total. The molecule has 1 heterocycles. The van der Waals surface area contributed by atoms with E-state index in [-0.39, 0.29) is 17.6 Å². The highest BCUT2D eigenvalue weighted by Gasteiger charge is 2.17. The van der Waals surface area contributed by atoms with Crippen LogP contribution in [0, 0.1) is 0 Å². The Balaban J connectivity index is 1.64. The zero-order chi connectivity index (χ0) is 19.2. The second-order valence-electron chi connectivity index (χ2n) is 6.52. The molecule has 0 saturated heterocycles. The molecule has 2 aromatic carbocycles. The normalized spacial score (nSPS) is 12.1. The highest BCUT2D eigenvalue weighted by atomic mass is 35.5. The van der Waals surface area contributed by atoms with E-state index in [2.05, 4.69) is 32.7 Å². The number of aromatic nitrogens is 3. The Labute approximate surface area is 163 Å². The monoisotopic (exact) mass is 383 g/mol. The molecule has 3 rings (SSSR count). The van der Waals surface area contributed by atoms with Crippen LogP contribution in [0.1, 0.15) is 16.1 Å². The number of nitrogens with zero attached hydrogens (tertiary/aromatic N) is 4. The Morgan fingerprint density at radius 2 is 1.85 bits per heavy atom. The summed E-state index contributed by atoms with van der Waals surface area (Å²) in [5, 5.41) is 11.5. The summed E-state index contributed by atoms with van der Waals surface area (Å²) < 4.78 is 1.50. The number of hydrogen-bond donors (Lipinski definition) is 1. The molecule has 1 aromatic heterocycles. The molecule has 0 aliphatic carbocycles. The summed E-state index contributed by atoms with van der Waals surface area (Å²) in [6.07, 6.45) is 2.43. The Morgan fingerprint density at radius 3 is 2.56 bits per heavy atom. The van der Waals surface area contributed by atoms with Gasteiger partial charge in [-0.25, -0.2) is 4.68 Å². The van der Waals surface area contributed by atoms with Crippen LogP contribution in [0.15, 0.2) is 60.8 Å². The van der Waals surface area contributed by atoms with Crippen molar-refractivity contribution in [1.29, 1.82) is 0 Å². The van der Waals surface area contributed by atoms with E-state index in [1.165, 1.54) is 10.2 Å². The lowest BCUT2D eigenvalue weighted by Crippen LogP contribution is -2.41. The van der Waals surface area contributed by atoms with Gasteiger partial charge in [-0.05, 0) is 38.2 Å². The summed E-state index contributed by atoms with van der Waals surface area (Å²) in [6, 6.07) is 17.7. The van der Waals surface area contributed by atoms with Crippen molar-refractivity contribution in [3.63, 3.8) is 0 Å². The van der Waals surface area contributed by atoms with Crippen molar-refractivity contribution in [3.05, 3.63) is 77.1 Å². The van der Waals surface area contributed by atoms with Crippen LogP contribution in [-0.2, 0) is 6.42 Å². The highest BCUT2D eigenvalue weighted by Crippen LogP contribution is 2.18. The summed E-state index contributed by atoms with van der Waals surface area (Å²) in [5.41, 5.74) is 2.17. The minimum Gasteiger partial charge on any atom is -0.349 e. The Kier molecular flexibility index (Phi) is 6.21. The number of halogens is 1. The fraction of sp³-hybridized carbons (Fsp3) is 0.250. The van der Waals surface area contributed by atoms with Crippen LogP contribution >= 0.6 is 11.6 Å². The minimum atomic E-state index is -0.256. The van der Waals surface area contributed by atoms with Gasteiger partial charge in [0.25, 0.3) is 5.91 Å². The molecule has 1 amide bonds. The molecule has 1 N–H and O–H groups in total. The number of benzene rings is 2. The maximum atomic E-state index is 12.5. The van der Waals surface area contributed by atoms with Gasteiger partial charge in [-0.3, -0.25) is 4.79 Å². The number of para-hydroxylation sites is 1. The number of carbonyl (C=O) groups is 1. The van der Waals surface area contributed by atoms with Crippen LogP contribution in [0.5, 0.6) is 0 Å². The van der Waals surface area contributed by atoms with Crippen molar-refractivity contribution in [2.75, 3.05) is 20.6 Å². The van der Waals surface area contributed by atoms with Crippen LogP contribution < -0.4 is 5.32 Å².